The molecule has 0 heterocycles. The molecule has 1 atom stereocenters. The number of ether oxygens (including phenoxy) is 1. The molecule has 2 N–H and O–H groups in total. The second kappa shape index (κ2) is 6.01. The molecule has 7 heteroatoms. The second-order valence-corrected chi connectivity index (χ2v) is 6.78. The minimum absolute atomic E-state index is 0.127. The van der Waals surface area contributed by atoms with Gasteiger partial charge in [0.25, 0.3) is 0 Å². The van der Waals surface area contributed by atoms with Crippen LogP contribution in [0.4, 0.5) is 0 Å². The van der Waals surface area contributed by atoms with Gasteiger partial charge in [-0.3, -0.25) is 0 Å². The van der Waals surface area contributed by atoms with Crippen molar-refractivity contribution in [2.75, 3.05) is 20.7 Å². The first-order valence-corrected chi connectivity index (χ1v) is 7.59. The summed E-state index contributed by atoms with van der Waals surface area (Å²) in [5, 5.41) is 0. The van der Waals surface area contributed by atoms with Crippen molar-refractivity contribution in [1.29, 1.82) is 0 Å². The lowest BCUT2D eigenvalue weighted by molar-refractivity contribution is 0.380. The third kappa shape index (κ3) is 3.03. The standard InChI is InChI=1S/C11H17BrN2O3S/c1-8(7-13)14(2)18(15,16)11-6-9(12)4-5-10(11)17-3/h4-6,8H,7,13H2,1-3H3. The van der Waals surface area contributed by atoms with Gasteiger partial charge in [-0.05, 0) is 25.1 Å². The van der Waals surface area contributed by atoms with E-state index in [-0.39, 0.29) is 17.5 Å². The zero-order chi connectivity index (χ0) is 13.9. The number of likely N-dealkylation sites (N-methyl/N-ethyl adjacent to an activating group) is 1. The molecule has 0 saturated heterocycles. The number of halogens is 1. The van der Waals surface area contributed by atoms with Crippen LogP contribution in [0.1, 0.15) is 6.92 Å². The van der Waals surface area contributed by atoms with Crippen molar-refractivity contribution in [3.05, 3.63) is 22.7 Å². The average Bonchev–Trinajstić information content (AvgIpc) is 2.36. The Bertz CT molecular complexity index is 519. The average molecular weight is 337 g/mol. The number of hydrogen-bond acceptors (Lipinski definition) is 4. The first-order valence-electron chi connectivity index (χ1n) is 5.36. The summed E-state index contributed by atoms with van der Waals surface area (Å²) in [5.41, 5.74) is 5.50. The van der Waals surface area contributed by atoms with Gasteiger partial charge in [0.05, 0.1) is 7.11 Å². The molecule has 0 aromatic heterocycles. The highest BCUT2D eigenvalue weighted by molar-refractivity contribution is 9.10. The van der Waals surface area contributed by atoms with Gasteiger partial charge in [-0.15, -0.1) is 0 Å². The Morgan fingerprint density at radius 2 is 2.11 bits per heavy atom. The van der Waals surface area contributed by atoms with Crippen molar-refractivity contribution in [2.45, 2.75) is 17.9 Å². The SMILES string of the molecule is COc1ccc(Br)cc1S(=O)(=O)N(C)C(C)CN. The molecule has 0 bridgehead atoms. The van der Waals surface area contributed by atoms with E-state index < -0.39 is 10.0 Å². The quantitative estimate of drug-likeness (QED) is 0.882. The number of nitrogens with two attached hydrogens (primary N) is 1. The van der Waals surface area contributed by atoms with Crippen LogP contribution in [0.3, 0.4) is 0 Å². The predicted octanol–water partition coefficient (Wildman–Crippen LogP) is 1.43. The molecule has 0 fully saturated rings. The summed E-state index contributed by atoms with van der Waals surface area (Å²) in [6.07, 6.45) is 0. The van der Waals surface area contributed by atoms with E-state index in [0.29, 0.717) is 10.2 Å². The highest BCUT2D eigenvalue weighted by Crippen LogP contribution is 2.29. The van der Waals surface area contributed by atoms with Crippen molar-refractivity contribution in [1.82, 2.24) is 4.31 Å². The van der Waals surface area contributed by atoms with Gasteiger partial charge in [0.2, 0.25) is 10.0 Å². The Morgan fingerprint density at radius 1 is 1.50 bits per heavy atom. The molecule has 1 unspecified atom stereocenters. The first kappa shape index (κ1) is 15.4. The number of rotatable bonds is 5. The van der Waals surface area contributed by atoms with E-state index in [0.717, 1.165) is 0 Å². The number of sulfonamides is 1. The van der Waals surface area contributed by atoms with Crippen molar-refractivity contribution >= 4 is 26.0 Å². The Hall–Kier alpha value is -0.630. The summed E-state index contributed by atoms with van der Waals surface area (Å²) in [6.45, 7) is 2.01. The Labute approximate surface area is 116 Å². The topological polar surface area (TPSA) is 72.6 Å². The third-order valence-electron chi connectivity index (χ3n) is 2.74. The minimum Gasteiger partial charge on any atom is -0.495 e. The Morgan fingerprint density at radius 3 is 2.61 bits per heavy atom. The van der Waals surface area contributed by atoms with E-state index in [4.69, 9.17) is 10.5 Å². The normalized spacial score (nSPS) is 13.7. The van der Waals surface area contributed by atoms with Crippen LogP contribution in [-0.4, -0.2) is 39.5 Å². The molecule has 0 aliphatic carbocycles. The summed E-state index contributed by atoms with van der Waals surface area (Å²) in [6, 6.07) is 4.58. The highest BCUT2D eigenvalue weighted by Gasteiger charge is 2.27. The van der Waals surface area contributed by atoms with E-state index in [1.807, 2.05) is 0 Å². The lowest BCUT2D eigenvalue weighted by atomic mass is 10.3. The third-order valence-corrected chi connectivity index (χ3v) is 5.23. The van der Waals surface area contributed by atoms with Gasteiger partial charge in [0.1, 0.15) is 10.6 Å². The van der Waals surface area contributed by atoms with Crippen LogP contribution in [0.25, 0.3) is 0 Å². The van der Waals surface area contributed by atoms with Crippen LogP contribution in [-0.2, 0) is 10.0 Å². The van der Waals surface area contributed by atoms with Crippen molar-refractivity contribution < 1.29 is 13.2 Å². The molecule has 0 spiro atoms. The van der Waals surface area contributed by atoms with E-state index >= 15 is 0 Å². The summed E-state index contributed by atoms with van der Waals surface area (Å²) in [5.74, 6) is 0.314. The zero-order valence-corrected chi connectivity index (χ0v) is 13.0. The fourth-order valence-corrected chi connectivity index (χ4v) is 3.46. The largest absolute Gasteiger partial charge is 0.495 e. The summed E-state index contributed by atoms with van der Waals surface area (Å²) < 4.78 is 31.9. The van der Waals surface area contributed by atoms with E-state index in [9.17, 15) is 8.42 Å². The van der Waals surface area contributed by atoms with Crippen molar-refractivity contribution in [3.8, 4) is 5.75 Å². The molecule has 0 amide bonds. The van der Waals surface area contributed by atoms with Gasteiger partial charge in [-0.1, -0.05) is 15.9 Å². The molecule has 0 aliphatic rings. The smallest absolute Gasteiger partial charge is 0.246 e. The van der Waals surface area contributed by atoms with Crippen LogP contribution in [0.15, 0.2) is 27.6 Å². The maximum Gasteiger partial charge on any atom is 0.246 e. The summed E-state index contributed by atoms with van der Waals surface area (Å²) >= 11 is 3.26. The first-order chi connectivity index (χ1) is 8.34. The van der Waals surface area contributed by atoms with Crippen LogP contribution in [0.5, 0.6) is 5.75 Å². The number of nitrogens with zero attached hydrogens (tertiary/aromatic N) is 1. The fraction of sp³-hybridized carbons (Fsp3) is 0.455. The van der Waals surface area contributed by atoms with Crippen molar-refractivity contribution in [3.63, 3.8) is 0 Å². The van der Waals surface area contributed by atoms with Gasteiger partial charge in [0.15, 0.2) is 0 Å². The molecule has 1 aromatic rings. The van der Waals surface area contributed by atoms with Crippen LogP contribution in [0.2, 0.25) is 0 Å². The van der Waals surface area contributed by atoms with Crippen LogP contribution < -0.4 is 10.5 Å². The Balaban J connectivity index is 3.31. The molecule has 102 valence electrons. The lowest BCUT2D eigenvalue weighted by Crippen LogP contribution is -2.39. The summed E-state index contributed by atoms with van der Waals surface area (Å²) in [4.78, 5) is 0.127. The monoisotopic (exact) mass is 336 g/mol. The van der Waals surface area contributed by atoms with E-state index in [2.05, 4.69) is 15.9 Å². The second-order valence-electron chi connectivity index (χ2n) is 3.90. The highest BCUT2D eigenvalue weighted by atomic mass is 79.9. The molecule has 5 nitrogen and oxygen atoms in total. The fourth-order valence-electron chi connectivity index (χ4n) is 1.39. The van der Waals surface area contributed by atoms with Gasteiger partial charge in [-0.2, -0.15) is 4.31 Å². The van der Waals surface area contributed by atoms with Crippen molar-refractivity contribution in [2.24, 2.45) is 5.73 Å². The molecular weight excluding hydrogens is 320 g/mol. The Kier molecular flexibility index (Phi) is 5.15. The zero-order valence-electron chi connectivity index (χ0n) is 10.6. The molecule has 0 radical (unpaired) electrons. The number of hydrogen-bond donors (Lipinski definition) is 1. The van der Waals surface area contributed by atoms with Crippen LogP contribution >= 0.6 is 15.9 Å². The molecule has 1 aromatic carbocycles. The molecule has 0 saturated carbocycles. The predicted molar refractivity (Wildman–Crippen MR) is 74.2 cm³/mol. The maximum atomic E-state index is 12.4. The van der Waals surface area contributed by atoms with Gasteiger partial charge in [-0.25, -0.2) is 8.42 Å². The maximum absolute atomic E-state index is 12.4. The number of benzene rings is 1. The minimum atomic E-state index is -3.62. The van der Waals surface area contributed by atoms with Gasteiger partial charge in [0, 0.05) is 24.1 Å². The number of methoxy groups -OCH3 is 1. The molecule has 18 heavy (non-hydrogen) atoms. The lowest BCUT2D eigenvalue weighted by Gasteiger charge is -2.24. The van der Waals surface area contributed by atoms with E-state index in [1.165, 1.54) is 24.5 Å². The molecule has 0 aliphatic heterocycles. The van der Waals surface area contributed by atoms with E-state index in [1.54, 1.807) is 19.1 Å². The van der Waals surface area contributed by atoms with Crippen LogP contribution in [0, 0.1) is 0 Å². The van der Waals surface area contributed by atoms with Gasteiger partial charge < -0.3 is 10.5 Å². The molecule has 1 rings (SSSR count). The summed E-state index contributed by atoms with van der Waals surface area (Å²) in [7, 11) is -0.671. The molecular formula is C11H17BrN2O3S. The van der Waals surface area contributed by atoms with Gasteiger partial charge >= 0.3 is 0 Å².